The van der Waals surface area contributed by atoms with Gasteiger partial charge in [-0.3, -0.25) is 4.79 Å². The molecule has 0 radical (unpaired) electrons. The highest BCUT2D eigenvalue weighted by Crippen LogP contribution is 2.28. The molecule has 1 amide bonds. The number of rotatable bonds is 5. The second-order valence-corrected chi connectivity index (χ2v) is 5.08. The molecule has 4 nitrogen and oxygen atoms in total. The molecule has 0 spiro atoms. The average molecular weight is 306 g/mol. The molecule has 0 saturated carbocycles. The molecule has 0 aliphatic carbocycles. The number of halogens is 1. The van der Waals surface area contributed by atoms with Crippen LogP contribution in [0.2, 0.25) is 5.02 Å². The summed E-state index contributed by atoms with van der Waals surface area (Å²) in [6, 6.07) is 12.7. The summed E-state index contributed by atoms with van der Waals surface area (Å²) in [6.45, 7) is 2.12. The van der Waals surface area contributed by atoms with Crippen LogP contribution in [-0.4, -0.2) is 11.0 Å². The van der Waals surface area contributed by atoms with E-state index in [4.69, 9.17) is 22.1 Å². The molecule has 0 aliphatic heterocycles. The molecule has 0 heterocycles. The number of hydrogen-bond acceptors (Lipinski definition) is 3. The fourth-order valence-electron chi connectivity index (χ4n) is 2.03. The average Bonchev–Trinajstić information content (AvgIpc) is 2.45. The summed E-state index contributed by atoms with van der Waals surface area (Å²) in [5.41, 5.74) is 7.06. The first kappa shape index (κ1) is 15.4. The number of aryl methyl sites for hydroxylation is 1. The van der Waals surface area contributed by atoms with E-state index in [0.29, 0.717) is 11.1 Å². The van der Waals surface area contributed by atoms with E-state index in [9.17, 15) is 9.90 Å². The Hall–Kier alpha value is -2.04. The van der Waals surface area contributed by atoms with E-state index in [2.05, 4.69) is 0 Å². The van der Waals surface area contributed by atoms with Crippen molar-refractivity contribution in [3.63, 3.8) is 0 Å². The predicted molar refractivity (Wildman–Crippen MR) is 81.1 cm³/mol. The lowest BCUT2D eigenvalue weighted by atomic mass is 10.0. The number of benzene rings is 2. The highest BCUT2D eigenvalue weighted by atomic mass is 35.5. The SMILES string of the molecule is Cc1ccccc1OCc1cccc(Cl)c1C(O)C(N)=O. The first-order valence-corrected chi connectivity index (χ1v) is 6.81. The van der Waals surface area contributed by atoms with Crippen molar-refractivity contribution in [2.75, 3.05) is 0 Å². The third-order valence-electron chi connectivity index (χ3n) is 3.16. The van der Waals surface area contributed by atoms with Crippen LogP contribution >= 0.6 is 11.6 Å². The number of primary amides is 1. The fourth-order valence-corrected chi connectivity index (χ4v) is 2.33. The Morgan fingerprint density at radius 3 is 2.67 bits per heavy atom. The van der Waals surface area contributed by atoms with E-state index < -0.39 is 12.0 Å². The van der Waals surface area contributed by atoms with Crippen LogP contribution < -0.4 is 10.5 Å². The van der Waals surface area contributed by atoms with E-state index in [0.717, 1.165) is 11.3 Å². The standard InChI is InChI=1S/C16H16ClNO3/c1-10-5-2-3-8-13(10)21-9-11-6-4-7-12(17)14(11)15(19)16(18)20/h2-8,15,19H,9H2,1H3,(H2,18,20). The Labute approximate surface area is 128 Å². The van der Waals surface area contributed by atoms with Crippen molar-refractivity contribution in [1.82, 2.24) is 0 Å². The second kappa shape index (κ2) is 6.61. The summed E-state index contributed by atoms with van der Waals surface area (Å²) >= 11 is 6.06. The van der Waals surface area contributed by atoms with E-state index >= 15 is 0 Å². The van der Waals surface area contributed by atoms with Gasteiger partial charge in [0, 0.05) is 10.6 Å². The van der Waals surface area contributed by atoms with Gasteiger partial charge in [-0.15, -0.1) is 0 Å². The minimum absolute atomic E-state index is 0.186. The summed E-state index contributed by atoms with van der Waals surface area (Å²) in [6.07, 6.45) is -1.45. The zero-order chi connectivity index (χ0) is 15.4. The molecule has 5 heteroatoms. The maximum absolute atomic E-state index is 11.2. The number of carbonyl (C=O) groups is 1. The second-order valence-electron chi connectivity index (χ2n) is 4.67. The Morgan fingerprint density at radius 2 is 2.00 bits per heavy atom. The highest BCUT2D eigenvalue weighted by molar-refractivity contribution is 6.31. The van der Waals surface area contributed by atoms with Gasteiger partial charge in [0.2, 0.25) is 0 Å². The van der Waals surface area contributed by atoms with Crippen molar-refractivity contribution in [2.24, 2.45) is 5.73 Å². The minimum Gasteiger partial charge on any atom is -0.489 e. The lowest BCUT2D eigenvalue weighted by molar-refractivity contribution is -0.126. The maximum Gasteiger partial charge on any atom is 0.250 e. The third-order valence-corrected chi connectivity index (χ3v) is 3.49. The molecule has 3 N–H and O–H groups in total. The molecule has 21 heavy (non-hydrogen) atoms. The molecule has 1 atom stereocenters. The van der Waals surface area contributed by atoms with Gasteiger partial charge in [-0.25, -0.2) is 0 Å². The number of aliphatic hydroxyl groups is 1. The van der Waals surface area contributed by atoms with Crippen LogP contribution in [0.4, 0.5) is 0 Å². The molecule has 1 unspecified atom stereocenters. The Bertz CT molecular complexity index is 658. The highest BCUT2D eigenvalue weighted by Gasteiger charge is 2.21. The van der Waals surface area contributed by atoms with Crippen LogP contribution in [0.15, 0.2) is 42.5 Å². The van der Waals surface area contributed by atoms with Gasteiger partial charge in [0.25, 0.3) is 5.91 Å². The van der Waals surface area contributed by atoms with E-state index in [1.807, 2.05) is 31.2 Å². The first-order valence-electron chi connectivity index (χ1n) is 6.44. The van der Waals surface area contributed by atoms with Crippen LogP contribution in [0.3, 0.4) is 0 Å². The number of para-hydroxylation sites is 1. The molecule has 0 saturated heterocycles. The molecular weight excluding hydrogens is 290 g/mol. The first-order chi connectivity index (χ1) is 10.0. The molecule has 110 valence electrons. The van der Waals surface area contributed by atoms with E-state index in [1.165, 1.54) is 0 Å². The van der Waals surface area contributed by atoms with Crippen molar-refractivity contribution in [3.8, 4) is 5.75 Å². The molecular formula is C16H16ClNO3. The van der Waals surface area contributed by atoms with Gasteiger partial charge in [0.1, 0.15) is 12.4 Å². The predicted octanol–water partition coefficient (Wildman–Crippen LogP) is 2.75. The number of ether oxygens (including phenoxy) is 1. The van der Waals surface area contributed by atoms with Gasteiger partial charge in [-0.05, 0) is 30.2 Å². The van der Waals surface area contributed by atoms with Gasteiger partial charge < -0.3 is 15.6 Å². The van der Waals surface area contributed by atoms with Crippen LogP contribution in [0.5, 0.6) is 5.75 Å². The van der Waals surface area contributed by atoms with Crippen molar-refractivity contribution < 1.29 is 14.6 Å². The molecule has 0 bridgehead atoms. The summed E-state index contributed by atoms with van der Waals surface area (Å²) < 4.78 is 5.73. The Morgan fingerprint density at radius 1 is 1.29 bits per heavy atom. The van der Waals surface area contributed by atoms with Crippen LogP contribution in [0.25, 0.3) is 0 Å². The van der Waals surface area contributed by atoms with E-state index in [1.54, 1.807) is 18.2 Å². The largest absolute Gasteiger partial charge is 0.489 e. The molecule has 2 aromatic rings. The van der Waals surface area contributed by atoms with Crippen molar-refractivity contribution >= 4 is 17.5 Å². The van der Waals surface area contributed by atoms with Crippen molar-refractivity contribution in [3.05, 3.63) is 64.2 Å². The molecule has 0 fully saturated rings. The summed E-state index contributed by atoms with van der Waals surface area (Å²) in [5, 5.41) is 10.2. The number of hydrogen-bond donors (Lipinski definition) is 2. The van der Waals surface area contributed by atoms with Crippen LogP contribution in [0, 0.1) is 6.92 Å². The minimum atomic E-state index is -1.45. The molecule has 2 aromatic carbocycles. The number of carbonyl (C=O) groups excluding carboxylic acids is 1. The maximum atomic E-state index is 11.2. The Kier molecular flexibility index (Phi) is 4.83. The van der Waals surface area contributed by atoms with Crippen LogP contribution in [0.1, 0.15) is 22.8 Å². The normalized spacial score (nSPS) is 12.0. The van der Waals surface area contributed by atoms with Gasteiger partial charge in [-0.1, -0.05) is 41.9 Å². The zero-order valence-electron chi connectivity index (χ0n) is 11.5. The molecule has 2 rings (SSSR count). The summed E-state index contributed by atoms with van der Waals surface area (Å²) in [4.78, 5) is 11.2. The lowest BCUT2D eigenvalue weighted by Gasteiger charge is -2.16. The molecule has 0 aliphatic rings. The quantitative estimate of drug-likeness (QED) is 0.892. The van der Waals surface area contributed by atoms with Crippen molar-refractivity contribution in [1.29, 1.82) is 0 Å². The smallest absolute Gasteiger partial charge is 0.250 e. The van der Waals surface area contributed by atoms with Crippen molar-refractivity contribution in [2.45, 2.75) is 19.6 Å². The summed E-state index contributed by atoms with van der Waals surface area (Å²) in [7, 11) is 0. The van der Waals surface area contributed by atoms with Crippen LogP contribution in [-0.2, 0) is 11.4 Å². The van der Waals surface area contributed by atoms with Gasteiger partial charge in [0.15, 0.2) is 6.10 Å². The fraction of sp³-hybridized carbons (Fsp3) is 0.188. The number of amides is 1. The Balaban J connectivity index is 2.26. The van der Waals surface area contributed by atoms with Gasteiger partial charge >= 0.3 is 0 Å². The third kappa shape index (κ3) is 3.54. The number of nitrogens with two attached hydrogens (primary N) is 1. The molecule has 0 aromatic heterocycles. The zero-order valence-corrected chi connectivity index (χ0v) is 12.3. The number of aliphatic hydroxyl groups excluding tert-OH is 1. The van der Waals surface area contributed by atoms with E-state index in [-0.39, 0.29) is 11.6 Å². The van der Waals surface area contributed by atoms with Gasteiger partial charge in [0.05, 0.1) is 0 Å². The van der Waals surface area contributed by atoms with Gasteiger partial charge in [-0.2, -0.15) is 0 Å². The topological polar surface area (TPSA) is 72.6 Å². The summed E-state index contributed by atoms with van der Waals surface area (Å²) in [5.74, 6) is -0.114. The monoisotopic (exact) mass is 305 g/mol. The lowest BCUT2D eigenvalue weighted by Crippen LogP contribution is -2.22.